The Hall–Kier alpha value is -3.87. The summed E-state index contributed by atoms with van der Waals surface area (Å²) >= 11 is 0. The first-order valence-electron chi connectivity index (χ1n) is 9.54. The molecule has 0 spiro atoms. The molecule has 4 aromatic rings. The molecule has 0 unspecified atom stereocenters. The summed E-state index contributed by atoms with van der Waals surface area (Å²) in [5.41, 5.74) is 2.94. The van der Waals surface area contributed by atoms with Crippen molar-refractivity contribution in [3.8, 4) is 28.5 Å². The maximum atomic E-state index is 12.2. The molecular formula is C23H21N3O4. The van der Waals surface area contributed by atoms with Gasteiger partial charge >= 0.3 is 6.01 Å². The van der Waals surface area contributed by atoms with E-state index in [-0.39, 0.29) is 18.3 Å². The highest BCUT2D eigenvalue weighted by atomic mass is 16.5. The molecule has 2 aromatic carbocycles. The number of rotatable bonds is 7. The number of carbonyl (C=O) groups is 1. The van der Waals surface area contributed by atoms with Gasteiger partial charge in [0.05, 0.1) is 7.11 Å². The van der Waals surface area contributed by atoms with Crippen molar-refractivity contribution in [1.29, 1.82) is 0 Å². The number of nitrogens with zero attached hydrogens (tertiary/aromatic N) is 2. The maximum absolute atomic E-state index is 12.2. The molecule has 0 bridgehead atoms. The van der Waals surface area contributed by atoms with Crippen LogP contribution in [0.25, 0.3) is 22.8 Å². The fourth-order valence-corrected chi connectivity index (χ4v) is 2.93. The summed E-state index contributed by atoms with van der Waals surface area (Å²) in [6, 6.07) is 19.2. The number of methoxy groups -OCH3 is 1. The average Bonchev–Trinajstić information content (AvgIpc) is 3.43. The number of hydrogen-bond donors (Lipinski definition) is 1. The van der Waals surface area contributed by atoms with Crippen molar-refractivity contribution in [2.75, 3.05) is 12.4 Å². The zero-order chi connectivity index (χ0) is 20.9. The molecule has 0 saturated heterocycles. The van der Waals surface area contributed by atoms with Crippen LogP contribution in [-0.2, 0) is 11.2 Å². The zero-order valence-corrected chi connectivity index (χ0v) is 16.7. The van der Waals surface area contributed by atoms with Crippen LogP contribution in [0.2, 0.25) is 0 Å². The molecule has 2 heterocycles. The highest BCUT2D eigenvalue weighted by molar-refractivity contribution is 5.88. The number of ether oxygens (including phenoxy) is 1. The number of benzene rings is 2. The van der Waals surface area contributed by atoms with Crippen molar-refractivity contribution in [1.82, 2.24) is 10.2 Å². The number of furan rings is 1. The third-order valence-corrected chi connectivity index (χ3v) is 4.60. The van der Waals surface area contributed by atoms with Crippen molar-refractivity contribution in [3.05, 3.63) is 72.0 Å². The van der Waals surface area contributed by atoms with E-state index in [0.29, 0.717) is 12.3 Å². The van der Waals surface area contributed by atoms with E-state index in [2.05, 4.69) is 15.5 Å². The fraction of sp³-hybridized carbons (Fsp3) is 0.174. The second kappa shape index (κ2) is 8.65. The number of amides is 1. The Balaban J connectivity index is 1.32. The van der Waals surface area contributed by atoms with Gasteiger partial charge in [0, 0.05) is 24.0 Å². The van der Waals surface area contributed by atoms with Gasteiger partial charge in [0.15, 0.2) is 0 Å². The van der Waals surface area contributed by atoms with Gasteiger partial charge in [-0.3, -0.25) is 10.1 Å². The molecule has 0 fully saturated rings. The van der Waals surface area contributed by atoms with Gasteiger partial charge in [-0.05, 0) is 43.3 Å². The van der Waals surface area contributed by atoms with Gasteiger partial charge in [-0.1, -0.05) is 34.9 Å². The minimum Gasteiger partial charge on any atom is -0.497 e. The van der Waals surface area contributed by atoms with E-state index in [9.17, 15) is 4.79 Å². The minimum absolute atomic E-state index is 0.0607. The van der Waals surface area contributed by atoms with Gasteiger partial charge in [-0.2, -0.15) is 0 Å². The van der Waals surface area contributed by atoms with E-state index in [0.717, 1.165) is 28.4 Å². The van der Waals surface area contributed by atoms with Crippen LogP contribution in [0.1, 0.15) is 17.7 Å². The van der Waals surface area contributed by atoms with Gasteiger partial charge in [-0.25, -0.2) is 0 Å². The lowest BCUT2D eigenvalue weighted by atomic mass is 10.1. The lowest BCUT2D eigenvalue weighted by Gasteiger charge is -2.01. The number of anilines is 1. The van der Waals surface area contributed by atoms with Crippen molar-refractivity contribution in [3.63, 3.8) is 0 Å². The lowest BCUT2D eigenvalue weighted by Crippen LogP contribution is -2.12. The normalized spacial score (nSPS) is 10.7. The third-order valence-electron chi connectivity index (χ3n) is 4.60. The van der Waals surface area contributed by atoms with Gasteiger partial charge in [-0.15, -0.1) is 5.10 Å². The monoisotopic (exact) mass is 403 g/mol. The Morgan fingerprint density at radius 1 is 0.933 bits per heavy atom. The molecule has 152 valence electrons. The Morgan fingerprint density at radius 3 is 2.40 bits per heavy atom. The van der Waals surface area contributed by atoms with Crippen LogP contribution in [0.3, 0.4) is 0 Å². The van der Waals surface area contributed by atoms with Gasteiger partial charge < -0.3 is 13.6 Å². The van der Waals surface area contributed by atoms with E-state index in [4.69, 9.17) is 13.6 Å². The average molecular weight is 403 g/mol. The van der Waals surface area contributed by atoms with Gasteiger partial charge in [0.2, 0.25) is 11.8 Å². The Bertz CT molecular complexity index is 1130. The van der Waals surface area contributed by atoms with Crippen molar-refractivity contribution >= 4 is 11.9 Å². The first-order chi connectivity index (χ1) is 14.6. The summed E-state index contributed by atoms with van der Waals surface area (Å²) in [6.45, 7) is 2.04. The largest absolute Gasteiger partial charge is 0.497 e. The van der Waals surface area contributed by atoms with Crippen LogP contribution in [0.4, 0.5) is 6.01 Å². The fourth-order valence-electron chi connectivity index (χ4n) is 2.93. The maximum Gasteiger partial charge on any atom is 0.322 e. The second-order valence-electron chi connectivity index (χ2n) is 6.82. The number of hydrogen-bond acceptors (Lipinski definition) is 6. The molecule has 7 heteroatoms. The molecule has 0 aliphatic carbocycles. The molecule has 30 heavy (non-hydrogen) atoms. The van der Waals surface area contributed by atoms with E-state index < -0.39 is 0 Å². The lowest BCUT2D eigenvalue weighted by molar-refractivity contribution is -0.116. The Kier molecular flexibility index (Phi) is 5.61. The van der Waals surface area contributed by atoms with E-state index in [1.807, 2.05) is 43.3 Å². The number of carbonyl (C=O) groups excluding carboxylic acids is 1. The van der Waals surface area contributed by atoms with Crippen LogP contribution >= 0.6 is 0 Å². The molecule has 0 radical (unpaired) electrons. The summed E-state index contributed by atoms with van der Waals surface area (Å²) < 4.78 is 16.5. The quantitative estimate of drug-likeness (QED) is 0.473. The molecule has 1 amide bonds. The SMILES string of the molecule is COc1ccc(-c2nnc(NC(=O)CCc3ccc(-c4ccc(C)cc4)o3)o2)cc1. The minimum atomic E-state index is -0.229. The van der Waals surface area contributed by atoms with Crippen molar-refractivity contribution < 1.29 is 18.4 Å². The summed E-state index contributed by atoms with van der Waals surface area (Å²) in [5.74, 6) is 2.35. The van der Waals surface area contributed by atoms with E-state index >= 15 is 0 Å². The predicted molar refractivity (Wildman–Crippen MR) is 112 cm³/mol. The molecule has 7 nitrogen and oxygen atoms in total. The molecule has 0 atom stereocenters. The Labute approximate surface area is 173 Å². The second-order valence-corrected chi connectivity index (χ2v) is 6.82. The summed E-state index contributed by atoms with van der Waals surface area (Å²) in [7, 11) is 1.60. The zero-order valence-electron chi connectivity index (χ0n) is 16.7. The Morgan fingerprint density at radius 2 is 1.67 bits per heavy atom. The van der Waals surface area contributed by atoms with Crippen LogP contribution in [-0.4, -0.2) is 23.2 Å². The molecule has 1 N–H and O–H groups in total. The molecule has 0 aliphatic heterocycles. The van der Waals surface area contributed by atoms with Crippen molar-refractivity contribution in [2.45, 2.75) is 19.8 Å². The number of nitrogens with one attached hydrogen (secondary N) is 1. The summed E-state index contributed by atoms with van der Waals surface area (Å²) in [4.78, 5) is 12.2. The first kappa shape index (κ1) is 19.4. The molecule has 0 saturated carbocycles. The van der Waals surface area contributed by atoms with Crippen LogP contribution in [0.5, 0.6) is 5.75 Å². The van der Waals surface area contributed by atoms with Gasteiger partial charge in [0.25, 0.3) is 0 Å². The van der Waals surface area contributed by atoms with Crippen LogP contribution in [0.15, 0.2) is 69.5 Å². The van der Waals surface area contributed by atoms with E-state index in [1.165, 1.54) is 5.56 Å². The van der Waals surface area contributed by atoms with Crippen molar-refractivity contribution in [2.24, 2.45) is 0 Å². The summed E-state index contributed by atoms with van der Waals surface area (Å²) in [6.07, 6.45) is 0.707. The van der Waals surface area contributed by atoms with Gasteiger partial charge in [0.1, 0.15) is 17.3 Å². The molecule has 0 aliphatic rings. The predicted octanol–water partition coefficient (Wildman–Crippen LogP) is 4.88. The highest BCUT2D eigenvalue weighted by Crippen LogP contribution is 2.24. The number of aryl methyl sites for hydroxylation is 2. The van der Waals surface area contributed by atoms with Crippen LogP contribution < -0.4 is 10.1 Å². The highest BCUT2D eigenvalue weighted by Gasteiger charge is 2.13. The topological polar surface area (TPSA) is 90.4 Å². The first-order valence-corrected chi connectivity index (χ1v) is 9.54. The molecular weight excluding hydrogens is 382 g/mol. The molecule has 4 rings (SSSR count). The smallest absolute Gasteiger partial charge is 0.322 e. The van der Waals surface area contributed by atoms with Crippen LogP contribution in [0, 0.1) is 6.92 Å². The number of aromatic nitrogens is 2. The standard InChI is InChI=1S/C23H21N3O4/c1-15-3-5-16(6-4-15)20-13-11-19(29-20)12-14-21(27)24-23-26-25-22(30-23)17-7-9-18(28-2)10-8-17/h3-11,13H,12,14H2,1-2H3,(H,24,26,27). The third kappa shape index (κ3) is 4.57. The van der Waals surface area contributed by atoms with E-state index in [1.54, 1.807) is 31.4 Å². The molecule has 2 aromatic heterocycles. The summed E-state index contributed by atoms with van der Waals surface area (Å²) in [5, 5.41) is 10.5.